The van der Waals surface area contributed by atoms with Gasteiger partial charge in [0.1, 0.15) is 12.9 Å². The summed E-state index contributed by atoms with van der Waals surface area (Å²) < 4.78 is 6.92. The Morgan fingerprint density at radius 2 is 2.00 bits per heavy atom. The molecule has 0 N–H and O–H groups in total. The van der Waals surface area contributed by atoms with Crippen LogP contribution in [0, 0.1) is 0 Å². The molecule has 1 aromatic heterocycles. The van der Waals surface area contributed by atoms with Crippen molar-refractivity contribution in [1.29, 1.82) is 0 Å². The highest BCUT2D eigenvalue weighted by atomic mass is 16.6. The first-order valence-corrected chi connectivity index (χ1v) is 4.05. The van der Waals surface area contributed by atoms with Crippen LogP contribution in [0.4, 0.5) is 0 Å². The molecule has 1 aromatic carbocycles. The van der Waals surface area contributed by atoms with Crippen molar-refractivity contribution in [3.63, 3.8) is 0 Å². The first-order valence-electron chi connectivity index (χ1n) is 4.05. The van der Waals surface area contributed by atoms with E-state index >= 15 is 0 Å². The molecule has 0 saturated carbocycles. The molecule has 1 heterocycles. The molecular weight excluding hydrogens is 166 g/mol. The van der Waals surface area contributed by atoms with E-state index in [9.17, 15) is 0 Å². The maximum atomic E-state index is 5.22. The Balaban J connectivity index is 2.72. The quantitative estimate of drug-likeness (QED) is 0.697. The normalized spacial score (nSPS) is 10.3. The van der Waals surface area contributed by atoms with Crippen molar-refractivity contribution in [2.75, 3.05) is 14.2 Å². The fourth-order valence-electron chi connectivity index (χ4n) is 1.45. The van der Waals surface area contributed by atoms with E-state index in [0.29, 0.717) is 0 Å². The van der Waals surface area contributed by atoms with Crippen LogP contribution >= 0.6 is 0 Å². The van der Waals surface area contributed by atoms with E-state index in [1.807, 2.05) is 30.5 Å². The number of benzene rings is 1. The first kappa shape index (κ1) is 7.98. The lowest BCUT2D eigenvalue weighted by atomic mass is 10.2. The van der Waals surface area contributed by atoms with E-state index in [2.05, 4.69) is 0 Å². The van der Waals surface area contributed by atoms with Crippen LogP contribution in [0.2, 0.25) is 0 Å². The molecule has 0 bridgehead atoms. The molecule has 0 aliphatic heterocycles. The van der Waals surface area contributed by atoms with Crippen LogP contribution in [0.15, 0.2) is 30.5 Å². The SMILES string of the molecule is COc1cccc2c1ccn2OC. The number of fused-ring (bicyclic) bond motifs is 1. The Bertz CT molecular complexity index is 420. The van der Waals surface area contributed by atoms with E-state index in [-0.39, 0.29) is 0 Å². The number of nitrogens with zero attached hydrogens (tertiary/aromatic N) is 1. The van der Waals surface area contributed by atoms with Gasteiger partial charge in [0.2, 0.25) is 0 Å². The van der Waals surface area contributed by atoms with Crippen LogP contribution in [0.5, 0.6) is 5.75 Å². The maximum Gasteiger partial charge on any atom is 0.128 e. The molecule has 0 radical (unpaired) electrons. The Hall–Kier alpha value is -1.64. The monoisotopic (exact) mass is 177 g/mol. The molecule has 0 aliphatic carbocycles. The van der Waals surface area contributed by atoms with Crippen LogP contribution in [-0.4, -0.2) is 19.0 Å². The summed E-state index contributed by atoms with van der Waals surface area (Å²) in [5.74, 6) is 0.869. The average Bonchev–Trinajstić information content (AvgIpc) is 2.60. The van der Waals surface area contributed by atoms with E-state index in [1.165, 1.54) is 0 Å². The maximum absolute atomic E-state index is 5.22. The van der Waals surface area contributed by atoms with Gasteiger partial charge in [0.15, 0.2) is 0 Å². The Labute approximate surface area is 76.4 Å². The fourth-order valence-corrected chi connectivity index (χ4v) is 1.45. The Morgan fingerprint density at radius 1 is 1.15 bits per heavy atom. The molecule has 0 amide bonds. The Kier molecular flexibility index (Phi) is 1.85. The lowest BCUT2D eigenvalue weighted by Gasteiger charge is -2.03. The van der Waals surface area contributed by atoms with Crippen molar-refractivity contribution in [2.24, 2.45) is 0 Å². The predicted octanol–water partition coefficient (Wildman–Crippen LogP) is 1.71. The highest BCUT2D eigenvalue weighted by molar-refractivity contribution is 5.86. The second kappa shape index (κ2) is 3.01. The zero-order valence-corrected chi connectivity index (χ0v) is 7.65. The van der Waals surface area contributed by atoms with Gasteiger partial charge in [-0.15, -0.1) is 0 Å². The summed E-state index contributed by atoms with van der Waals surface area (Å²) in [6, 6.07) is 7.83. The van der Waals surface area contributed by atoms with Gasteiger partial charge >= 0.3 is 0 Å². The minimum atomic E-state index is 0.869. The molecule has 3 nitrogen and oxygen atoms in total. The molecule has 0 aliphatic rings. The van der Waals surface area contributed by atoms with Crippen molar-refractivity contribution < 1.29 is 9.57 Å². The molecule has 68 valence electrons. The van der Waals surface area contributed by atoms with Gasteiger partial charge in [-0.05, 0) is 18.2 Å². The topological polar surface area (TPSA) is 23.4 Å². The molecule has 0 atom stereocenters. The largest absolute Gasteiger partial charge is 0.496 e. The summed E-state index contributed by atoms with van der Waals surface area (Å²) in [5, 5.41) is 1.06. The lowest BCUT2D eigenvalue weighted by molar-refractivity contribution is 0.179. The van der Waals surface area contributed by atoms with Crippen molar-refractivity contribution in [2.45, 2.75) is 0 Å². The van der Waals surface area contributed by atoms with Gasteiger partial charge in [0.25, 0.3) is 0 Å². The van der Waals surface area contributed by atoms with E-state index in [0.717, 1.165) is 16.7 Å². The van der Waals surface area contributed by atoms with Crippen molar-refractivity contribution >= 4 is 10.9 Å². The van der Waals surface area contributed by atoms with Gasteiger partial charge in [-0.2, -0.15) is 4.73 Å². The van der Waals surface area contributed by atoms with Gasteiger partial charge in [-0.1, -0.05) is 6.07 Å². The summed E-state index contributed by atoms with van der Waals surface area (Å²) in [6.07, 6.45) is 1.87. The summed E-state index contributed by atoms with van der Waals surface area (Å²) >= 11 is 0. The number of hydrogen-bond acceptors (Lipinski definition) is 2. The van der Waals surface area contributed by atoms with Gasteiger partial charge in [-0.25, -0.2) is 0 Å². The van der Waals surface area contributed by atoms with Crippen LogP contribution in [-0.2, 0) is 0 Å². The summed E-state index contributed by atoms with van der Waals surface area (Å²) in [4.78, 5) is 5.13. The summed E-state index contributed by atoms with van der Waals surface area (Å²) in [5.41, 5.74) is 1.02. The zero-order valence-electron chi connectivity index (χ0n) is 7.65. The zero-order chi connectivity index (χ0) is 9.26. The van der Waals surface area contributed by atoms with E-state index in [1.54, 1.807) is 19.0 Å². The third kappa shape index (κ3) is 1.13. The number of aromatic nitrogens is 1. The lowest BCUT2D eigenvalue weighted by Crippen LogP contribution is -2.02. The molecule has 2 rings (SSSR count). The standard InChI is InChI=1S/C10H11NO2/c1-12-10-5-3-4-9-8(10)6-7-11(9)13-2/h3-7H,1-2H3. The second-order valence-electron chi connectivity index (χ2n) is 2.72. The molecule has 2 aromatic rings. The van der Waals surface area contributed by atoms with E-state index in [4.69, 9.17) is 9.57 Å². The summed E-state index contributed by atoms with van der Waals surface area (Å²) in [7, 11) is 3.30. The van der Waals surface area contributed by atoms with Gasteiger partial charge < -0.3 is 9.57 Å². The van der Waals surface area contributed by atoms with Gasteiger partial charge in [0.05, 0.1) is 12.6 Å². The number of methoxy groups -OCH3 is 1. The summed E-state index contributed by atoms with van der Waals surface area (Å²) in [6.45, 7) is 0. The molecule has 13 heavy (non-hydrogen) atoms. The molecular formula is C10H11NO2. The second-order valence-corrected chi connectivity index (χ2v) is 2.72. The molecule has 0 saturated heterocycles. The van der Waals surface area contributed by atoms with Crippen molar-refractivity contribution in [3.8, 4) is 5.75 Å². The minimum absolute atomic E-state index is 0.869. The number of rotatable bonds is 2. The highest BCUT2D eigenvalue weighted by Crippen LogP contribution is 2.25. The van der Waals surface area contributed by atoms with Gasteiger partial charge in [0, 0.05) is 11.6 Å². The number of ether oxygens (including phenoxy) is 1. The van der Waals surface area contributed by atoms with Gasteiger partial charge in [-0.3, -0.25) is 0 Å². The van der Waals surface area contributed by atoms with Crippen LogP contribution in [0.25, 0.3) is 10.9 Å². The molecule has 0 spiro atoms. The van der Waals surface area contributed by atoms with Crippen LogP contribution in [0.1, 0.15) is 0 Å². The smallest absolute Gasteiger partial charge is 0.128 e. The third-order valence-electron chi connectivity index (χ3n) is 2.07. The average molecular weight is 177 g/mol. The van der Waals surface area contributed by atoms with Crippen LogP contribution < -0.4 is 9.57 Å². The van der Waals surface area contributed by atoms with Crippen LogP contribution in [0.3, 0.4) is 0 Å². The highest BCUT2D eigenvalue weighted by Gasteiger charge is 2.04. The molecule has 0 unspecified atom stereocenters. The van der Waals surface area contributed by atoms with Crippen molar-refractivity contribution in [3.05, 3.63) is 30.5 Å². The fraction of sp³-hybridized carbons (Fsp3) is 0.200. The Morgan fingerprint density at radius 3 is 2.69 bits per heavy atom. The minimum Gasteiger partial charge on any atom is -0.496 e. The van der Waals surface area contributed by atoms with E-state index < -0.39 is 0 Å². The van der Waals surface area contributed by atoms with Crippen molar-refractivity contribution in [1.82, 2.24) is 4.73 Å². The third-order valence-corrected chi connectivity index (χ3v) is 2.07. The number of hydrogen-bond donors (Lipinski definition) is 0. The predicted molar refractivity (Wildman–Crippen MR) is 51.0 cm³/mol. The molecule has 3 heteroatoms. The first-order chi connectivity index (χ1) is 6.36. The molecule has 0 fully saturated rings.